The molecular weight excluding hydrogens is 228 g/mol. The second-order valence-corrected chi connectivity index (χ2v) is 4.79. The van der Waals surface area contributed by atoms with Crippen molar-refractivity contribution in [2.75, 3.05) is 13.2 Å². The van der Waals surface area contributed by atoms with Crippen LogP contribution in [0.5, 0.6) is 11.5 Å². The lowest BCUT2D eigenvalue weighted by Gasteiger charge is -2.28. The number of aliphatic hydroxyl groups excluding tert-OH is 1. The number of fused-ring (bicyclic) bond motifs is 1. The monoisotopic (exact) mass is 250 g/mol. The third kappa shape index (κ3) is 2.46. The molecule has 0 amide bonds. The van der Waals surface area contributed by atoms with Gasteiger partial charge in [0.05, 0.1) is 19.3 Å². The molecule has 0 heterocycles. The van der Waals surface area contributed by atoms with Crippen LogP contribution in [0.2, 0.25) is 0 Å². The highest BCUT2D eigenvalue weighted by atomic mass is 16.5. The van der Waals surface area contributed by atoms with E-state index in [9.17, 15) is 5.11 Å². The van der Waals surface area contributed by atoms with Crippen LogP contribution < -0.4 is 9.47 Å². The number of ether oxygens (including phenoxy) is 2. The van der Waals surface area contributed by atoms with E-state index >= 15 is 0 Å². The lowest BCUT2D eigenvalue weighted by Crippen LogP contribution is -2.13. The normalized spacial score (nSPS) is 22.4. The van der Waals surface area contributed by atoms with Gasteiger partial charge in [0.2, 0.25) is 0 Å². The van der Waals surface area contributed by atoms with Crippen LogP contribution in [-0.2, 0) is 0 Å². The Kier molecular flexibility index (Phi) is 4.12. The molecular formula is C15H22O3. The molecule has 1 aromatic carbocycles. The molecule has 18 heavy (non-hydrogen) atoms. The Morgan fingerprint density at radius 3 is 2.17 bits per heavy atom. The predicted octanol–water partition coefficient (Wildman–Crippen LogP) is 3.41. The number of rotatable bonds is 4. The van der Waals surface area contributed by atoms with Crippen molar-refractivity contribution in [3.8, 4) is 11.5 Å². The average Bonchev–Trinajstić information content (AvgIpc) is 2.36. The molecule has 100 valence electrons. The second kappa shape index (κ2) is 5.61. The molecule has 0 aromatic heterocycles. The van der Waals surface area contributed by atoms with Gasteiger partial charge in [-0.25, -0.2) is 0 Å². The van der Waals surface area contributed by atoms with Gasteiger partial charge < -0.3 is 14.6 Å². The minimum atomic E-state index is -0.369. The zero-order valence-corrected chi connectivity index (χ0v) is 11.4. The largest absolute Gasteiger partial charge is 0.490 e. The molecule has 1 aliphatic rings. The topological polar surface area (TPSA) is 38.7 Å². The molecule has 3 nitrogen and oxygen atoms in total. The van der Waals surface area contributed by atoms with Crippen LogP contribution in [0, 0.1) is 0 Å². The Morgan fingerprint density at radius 2 is 1.61 bits per heavy atom. The summed E-state index contributed by atoms with van der Waals surface area (Å²) in [6.07, 6.45) is 1.48. The minimum Gasteiger partial charge on any atom is -0.490 e. The lowest BCUT2D eigenvalue weighted by atomic mass is 9.82. The third-order valence-electron chi connectivity index (χ3n) is 3.51. The molecule has 2 rings (SSSR count). The average molecular weight is 250 g/mol. The van der Waals surface area contributed by atoms with E-state index in [2.05, 4.69) is 6.92 Å². The summed E-state index contributed by atoms with van der Waals surface area (Å²) in [5, 5.41) is 10.1. The highest BCUT2D eigenvalue weighted by Gasteiger charge is 2.25. The smallest absolute Gasteiger partial charge is 0.161 e. The standard InChI is InChI=1S/C15H22O3/c1-4-17-14-8-11-10(3)6-7-13(16)12(11)9-15(14)18-5-2/h8-10,13,16H,4-7H2,1-3H3/t10?,13-/m0/s1. The van der Waals surface area contributed by atoms with Crippen molar-refractivity contribution in [3.63, 3.8) is 0 Å². The Labute approximate surface area is 109 Å². The first-order valence-corrected chi connectivity index (χ1v) is 6.78. The van der Waals surface area contributed by atoms with Crippen molar-refractivity contribution in [2.24, 2.45) is 0 Å². The quantitative estimate of drug-likeness (QED) is 0.890. The van der Waals surface area contributed by atoms with Crippen LogP contribution in [-0.4, -0.2) is 18.3 Å². The SMILES string of the molecule is CCOc1cc2c(cc1OCC)[C@@H](O)CCC2C. The molecule has 0 bridgehead atoms. The number of hydrogen-bond donors (Lipinski definition) is 1. The fourth-order valence-electron chi connectivity index (χ4n) is 2.56. The number of aliphatic hydroxyl groups is 1. The summed E-state index contributed by atoms with van der Waals surface area (Å²) in [6.45, 7) is 7.34. The lowest BCUT2D eigenvalue weighted by molar-refractivity contribution is 0.150. The Morgan fingerprint density at radius 1 is 1.06 bits per heavy atom. The minimum absolute atomic E-state index is 0.369. The molecule has 1 aliphatic carbocycles. The van der Waals surface area contributed by atoms with Gasteiger partial charge in [0.1, 0.15) is 0 Å². The summed E-state index contributed by atoms with van der Waals surface area (Å²) in [6, 6.07) is 3.99. The van der Waals surface area contributed by atoms with E-state index < -0.39 is 0 Å². The summed E-state index contributed by atoms with van der Waals surface area (Å²) >= 11 is 0. The van der Waals surface area contributed by atoms with Gasteiger partial charge in [0.25, 0.3) is 0 Å². The summed E-state index contributed by atoms with van der Waals surface area (Å²) in [7, 11) is 0. The zero-order chi connectivity index (χ0) is 13.1. The van der Waals surface area contributed by atoms with Crippen molar-refractivity contribution in [3.05, 3.63) is 23.3 Å². The van der Waals surface area contributed by atoms with E-state index in [0.717, 1.165) is 29.9 Å². The molecule has 0 saturated heterocycles. The maximum atomic E-state index is 10.1. The van der Waals surface area contributed by atoms with E-state index in [-0.39, 0.29) is 6.10 Å². The first kappa shape index (κ1) is 13.2. The fraction of sp³-hybridized carbons (Fsp3) is 0.600. The first-order chi connectivity index (χ1) is 8.67. The van der Waals surface area contributed by atoms with Gasteiger partial charge in [-0.15, -0.1) is 0 Å². The molecule has 1 N–H and O–H groups in total. The summed E-state index contributed by atoms with van der Waals surface area (Å²) in [5.74, 6) is 2.00. The zero-order valence-electron chi connectivity index (χ0n) is 11.4. The summed E-state index contributed by atoms with van der Waals surface area (Å²) in [5.41, 5.74) is 2.20. The van der Waals surface area contributed by atoms with Crippen molar-refractivity contribution in [1.82, 2.24) is 0 Å². The second-order valence-electron chi connectivity index (χ2n) is 4.79. The van der Waals surface area contributed by atoms with Crippen molar-refractivity contribution in [1.29, 1.82) is 0 Å². The van der Waals surface area contributed by atoms with Gasteiger partial charge in [-0.2, -0.15) is 0 Å². The van der Waals surface area contributed by atoms with Crippen LogP contribution in [0.15, 0.2) is 12.1 Å². The van der Waals surface area contributed by atoms with E-state index in [4.69, 9.17) is 9.47 Å². The van der Waals surface area contributed by atoms with Gasteiger partial charge in [0, 0.05) is 0 Å². The molecule has 3 heteroatoms. The van der Waals surface area contributed by atoms with E-state index in [1.807, 2.05) is 26.0 Å². The van der Waals surface area contributed by atoms with Gasteiger partial charge >= 0.3 is 0 Å². The fourth-order valence-corrected chi connectivity index (χ4v) is 2.56. The van der Waals surface area contributed by atoms with Crippen LogP contribution in [0.3, 0.4) is 0 Å². The maximum Gasteiger partial charge on any atom is 0.161 e. The predicted molar refractivity (Wildman–Crippen MR) is 71.4 cm³/mol. The van der Waals surface area contributed by atoms with Crippen molar-refractivity contribution < 1.29 is 14.6 Å². The van der Waals surface area contributed by atoms with E-state index in [0.29, 0.717) is 19.1 Å². The maximum absolute atomic E-state index is 10.1. The van der Waals surface area contributed by atoms with E-state index in [1.165, 1.54) is 5.56 Å². The highest BCUT2D eigenvalue weighted by molar-refractivity contribution is 5.50. The molecule has 2 atom stereocenters. The van der Waals surface area contributed by atoms with Crippen molar-refractivity contribution in [2.45, 2.75) is 45.6 Å². The summed E-state index contributed by atoms with van der Waals surface area (Å²) < 4.78 is 11.2. The van der Waals surface area contributed by atoms with Gasteiger partial charge in [-0.1, -0.05) is 6.92 Å². The Bertz CT molecular complexity index is 375. The van der Waals surface area contributed by atoms with Crippen LogP contribution in [0.1, 0.15) is 56.8 Å². The molecule has 0 radical (unpaired) electrons. The molecule has 0 aliphatic heterocycles. The highest BCUT2D eigenvalue weighted by Crippen LogP contribution is 2.42. The van der Waals surface area contributed by atoms with Crippen LogP contribution in [0.25, 0.3) is 0 Å². The van der Waals surface area contributed by atoms with E-state index in [1.54, 1.807) is 0 Å². The number of benzene rings is 1. The molecule has 0 spiro atoms. The van der Waals surface area contributed by atoms with Crippen LogP contribution >= 0.6 is 0 Å². The first-order valence-electron chi connectivity index (χ1n) is 6.78. The molecule has 1 unspecified atom stereocenters. The number of hydrogen-bond acceptors (Lipinski definition) is 3. The Balaban J connectivity index is 2.45. The van der Waals surface area contributed by atoms with Gasteiger partial charge in [0.15, 0.2) is 11.5 Å². The van der Waals surface area contributed by atoms with Crippen molar-refractivity contribution >= 4 is 0 Å². The van der Waals surface area contributed by atoms with Gasteiger partial charge in [-0.05, 0) is 55.9 Å². The Hall–Kier alpha value is -1.22. The molecule has 0 fully saturated rings. The molecule has 1 aromatic rings. The molecule has 0 saturated carbocycles. The van der Waals surface area contributed by atoms with Crippen LogP contribution in [0.4, 0.5) is 0 Å². The summed E-state index contributed by atoms with van der Waals surface area (Å²) in [4.78, 5) is 0. The van der Waals surface area contributed by atoms with Gasteiger partial charge in [-0.3, -0.25) is 0 Å². The third-order valence-corrected chi connectivity index (χ3v) is 3.51.